The van der Waals surface area contributed by atoms with Gasteiger partial charge < -0.3 is 19.7 Å². The van der Waals surface area contributed by atoms with Gasteiger partial charge in [0.05, 0.1) is 24.8 Å². The summed E-state index contributed by atoms with van der Waals surface area (Å²) in [6, 6.07) is 1.50. The molecule has 1 aromatic rings. The Morgan fingerprint density at radius 1 is 1.35 bits per heavy atom. The van der Waals surface area contributed by atoms with Crippen molar-refractivity contribution in [3.05, 3.63) is 16.7 Å². The molecule has 1 fully saturated rings. The van der Waals surface area contributed by atoms with Gasteiger partial charge in [0.2, 0.25) is 0 Å². The number of phenols is 1. The molecule has 0 spiro atoms. The highest BCUT2D eigenvalue weighted by atomic mass is 35.5. The van der Waals surface area contributed by atoms with Gasteiger partial charge in [-0.2, -0.15) is 0 Å². The molecule has 0 amide bonds. The highest BCUT2D eigenvalue weighted by molar-refractivity contribution is 6.32. The van der Waals surface area contributed by atoms with Gasteiger partial charge in [-0.1, -0.05) is 11.6 Å². The monoisotopic (exact) mass is 258 g/mol. The minimum Gasteiger partial charge on any atom is -0.506 e. The highest BCUT2D eigenvalue weighted by Crippen LogP contribution is 2.47. The number of rotatable bonds is 4. The third-order valence-electron chi connectivity index (χ3n) is 3.02. The van der Waals surface area contributed by atoms with Crippen molar-refractivity contribution in [2.45, 2.75) is 24.9 Å². The fraction of sp³-hybridized carbons (Fsp3) is 0.500. The van der Waals surface area contributed by atoms with Crippen molar-refractivity contribution in [3.63, 3.8) is 0 Å². The van der Waals surface area contributed by atoms with Crippen molar-refractivity contribution in [2.75, 3.05) is 14.2 Å². The third kappa shape index (κ3) is 2.28. The van der Waals surface area contributed by atoms with E-state index in [1.807, 2.05) is 0 Å². The molecule has 0 aromatic heterocycles. The SMILES string of the molecule is COc1cc(Cl)c(O)c(CC2(O)CC2)c1OC. The van der Waals surface area contributed by atoms with E-state index in [0.717, 1.165) is 12.8 Å². The van der Waals surface area contributed by atoms with Crippen LogP contribution in [-0.2, 0) is 6.42 Å². The van der Waals surface area contributed by atoms with E-state index in [1.165, 1.54) is 20.3 Å². The maximum atomic E-state index is 9.94. The normalized spacial score (nSPS) is 16.7. The van der Waals surface area contributed by atoms with Gasteiger partial charge in [0.15, 0.2) is 11.5 Å². The Hall–Kier alpha value is -1.13. The number of aromatic hydroxyl groups is 1. The lowest BCUT2D eigenvalue weighted by Gasteiger charge is -2.17. The van der Waals surface area contributed by atoms with Crippen LogP contribution < -0.4 is 9.47 Å². The van der Waals surface area contributed by atoms with Crippen LogP contribution in [0.4, 0.5) is 0 Å². The lowest BCUT2D eigenvalue weighted by Crippen LogP contribution is -2.12. The van der Waals surface area contributed by atoms with Gasteiger partial charge >= 0.3 is 0 Å². The molecule has 0 unspecified atom stereocenters. The smallest absolute Gasteiger partial charge is 0.167 e. The van der Waals surface area contributed by atoms with E-state index in [4.69, 9.17) is 21.1 Å². The van der Waals surface area contributed by atoms with E-state index in [0.29, 0.717) is 23.5 Å². The topological polar surface area (TPSA) is 58.9 Å². The average molecular weight is 259 g/mol. The molecule has 1 saturated carbocycles. The van der Waals surface area contributed by atoms with E-state index < -0.39 is 5.60 Å². The summed E-state index contributed by atoms with van der Waals surface area (Å²) in [7, 11) is 2.99. The van der Waals surface area contributed by atoms with Crippen LogP contribution in [0, 0.1) is 0 Å². The molecule has 2 rings (SSSR count). The quantitative estimate of drug-likeness (QED) is 0.869. The molecular weight excluding hydrogens is 244 g/mol. The first-order chi connectivity index (χ1) is 8.00. The Kier molecular flexibility index (Phi) is 3.10. The summed E-state index contributed by atoms with van der Waals surface area (Å²) in [5.41, 5.74) is -0.239. The maximum Gasteiger partial charge on any atom is 0.167 e. The Morgan fingerprint density at radius 2 is 2.00 bits per heavy atom. The molecule has 0 heterocycles. The Labute approximate surface area is 105 Å². The summed E-state index contributed by atoms with van der Waals surface area (Å²) in [5, 5.41) is 20.1. The molecule has 0 bridgehead atoms. The number of aliphatic hydroxyl groups is 1. The first kappa shape index (κ1) is 12.3. The van der Waals surface area contributed by atoms with Crippen LogP contribution in [0.1, 0.15) is 18.4 Å². The second-order valence-electron chi connectivity index (χ2n) is 4.32. The highest BCUT2D eigenvalue weighted by Gasteiger charge is 2.42. The van der Waals surface area contributed by atoms with E-state index in [2.05, 4.69) is 0 Å². The van der Waals surface area contributed by atoms with Crippen LogP contribution in [0.15, 0.2) is 6.07 Å². The standard InChI is InChI=1S/C12H15ClO4/c1-16-9-5-8(13)10(14)7(11(9)17-2)6-12(15)3-4-12/h5,14-15H,3-4,6H2,1-2H3. The number of hydrogen-bond donors (Lipinski definition) is 2. The first-order valence-electron chi connectivity index (χ1n) is 5.35. The summed E-state index contributed by atoms with van der Waals surface area (Å²) in [4.78, 5) is 0. The second kappa shape index (κ2) is 4.27. The summed E-state index contributed by atoms with van der Waals surface area (Å²) >= 11 is 5.91. The van der Waals surface area contributed by atoms with Crippen LogP contribution in [0.5, 0.6) is 17.2 Å². The molecule has 0 saturated heterocycles. The molecule has 94 valence electrons. The number of hydrogen-bond acceptors (Lipinski definition) is 4. The molecule has 17 heavy (non-hydrogen) atoms. The molecule has 2 N–H and O–H groups in total. The number of ether oxygens (including phenoxy) is 2. The lowest BCUT2D eigenvalue weighted by atomic mass is 10.0. The molecule has 5 heteroatoms. The molecule has 1 aliphatic carbocycles. The molecule has 0 radical (unpaired) electrons. The maximum absolute atomic E-state index is 9.94. The fourth-order valence-corrected chi connectivity index (χ4v) is 2.05. The van der Waals surface area contributed by atoms with E-state index in [-0.39, 0.29) is 10.8 Å². The third-order valence-corrected chi connectivity index (χ3v) is 3.31. The molecule has 0 atom stereocenters. The van der Waals surface area contributed by atoms with Gasteiger partial charge in [-0.05, 0) is 12.8 Å². The van der Waals surface area contributed by atoms with E-state index in [1.54, 1.807) is 0 Å². The zero-order chi connectivity index (χ0) is 12.6. The van der Waals surface area contributed by atoms with Crippen molar-refractivity contribution >= 4 is 11.6 Å². The Balaban J connectivity index is 2.48. The van der Waals surface area contributed by atoms with Gasteiger partial charge in [0.25, 0.3) is 0 Å². The zero-order valence-corrected chi connectivity index (χ0v) is 10.5. The van der Waals surface area contributed by atoms with Crippen LogP contribution in [-0.4, -0.2) is 30.0 Å². The van der Waals surface area contributed by atoms with Crippen molar-refractivity contribution in [2.24, 2.45) is 0 Å². The summed E-state index contributed by atoms with van der Waals surface area (Å²) in [5.74, 6) is 0.828. The minimum atomic E-state index is -0.736. The number of benzene rings is 1. The van der Waals surface area contributed by atoms with Crippen LogP contribution >= 0.6 is 11.6 Å². The van der Waals surface area contributed by atoms with Gasteiger partial charge in [0, 0.05) is 18.1 Å². The van der Waals surface area contributed by atoms with Crippen LogP contribution in [0.3, 0.4) is 0 Å². The Morgan fingerprint density at radius 3 is 2.47 bits per heavy atom. The van der Waals surface area contributed by atoms with Crippen LogP contribution in [0.2, 0.25) is 5.02 Å². The lowest BCUT2D eigenvalue weighted by molar-refractivity contribution is 0.148. The van der Waals surface area contributed by atoms with Gasteiger partial charge in [-0.3, -0.25) is 0 Å². The minimum absolute atomic E-state index is 0.0513. The van der Waals surface area contributed by atoms with E-state index >= 15 is 0 Å². The number of methoxy groups -OCH3 is 2. The predicted octanol–water partition coefficient (Wildman–Crippen LogP) is 2.13. The van der Waals surface area contributed by atoms with Gasteiger partial charge in [-0.15, -0.1) is 0 Å². The van der Waals surface area contributed by atoms with Crippen molar-refractivity contribution in [1.29, 1.82) is 0 Å². The summed E-state index contributed by atoms with van der Waals surface area (Å²) in [6.07, 6.45) is 1.77. The van der Waals surface area contributed by atoms with Crippen molar-refractivity contribution in [1.82, 2.24) is 0 Å². The van der Waals surface area contributed by atoms with Crippen molar-refractivity contribution < 1.29 is 19.7 Å². The summed E-state index contributed by atoms with van der Waals surface area (Å²) in [6.45, 7) is 0. The predicted molar refractivity (Wildman–Crippen MR) is 64.1 cm³/mol. The summed E-state index contributed by atoms with van der Waals surface area (Å²) < 4.78 is 10.4. The fourth-order valence-electron chi connectivity index (χ4n) is 1.84. The molecular formula is C12H15ClO4. The number of halogens is 1. The molecule has 0 aliphatic heterocycles. The van der Waals surface area contributed by atoms with Crippen LogP contribution in [0.25, 0.3) is 0 Å². The Bertz CT molecular complexity index is 441. The van der Waals surface area contributed by atoms with Gasteiger partial charge in [0.1, 0.15) is 5.75 Å². The largest absolute Gasteiger partial charge is 0.506 e. The second-order valence-corrected chi connectivity index (χ2v) is 4.73. The molecule has 4 nitrogen and oxygen atoms in total. The first-order valence-corrected chi connectivity index (χ1v) is 5.73. The van der Waals surface area contributed by atoms with E-state index in [9.17, 15) is 10.2 Å². The van der Waals surface area contributed by atoms with Crippen molar-refractivity contribution in [3.8, 4) is 17.2 Å². The van der Waals surface area contributed by atoms with Gasteiger partial charge in [-0.25, -0.2) is 0 Å². The zero-order valence-electron chi connectivity index (χ0n) is 9.79. The number of phenolic OH excluding ortho intramolecular Hbond substituents is 1. The average Bonchev–Trinajstić information content (AvgIpc) is 3.02. The molecule has 1 aromatic carbocycles. The molecule has 1 aliphatic rings.